The molecule has 44 heavy (non-hydrogen) atoms. The van der Waals surface area contributed by atoms with Crippen LogP contribution in [0.3, 0.4) is 0 Å². The number of carbonyl (C=O) groups is 1. The lowest BCUT2D eigenvalue weighted by Gasteiger charge is -2.36. The number of ether oxygens (including phenoxy) is 4. The van der Waals surface area contributed by atoms with Crippen LogP contribution in [0.2, 0.25) is 0 Å². The number of rotatable bonds is 12. The number of esters is 1. The van der Waals surface area contributed by atoms with Gasteiger partial charge in [0.2, 0.25) is 0 Å². The molecule has 3 aromatic carbocycles. The molecule has 0 aromatic heterocycles. The zero-order chi connectivity index (χ0) is 33.0. The fourth-order valence-corrected chi connectivity index (χ4v) is 5.74. The number of carbonyl (C=O) groups excluding carboxylic acids is 1. The van der Waals surface area contributed by atoms with Crippen molar-refractivity contribution < 1.29 is 71.8 Å². The Morgan fingerprint density at radius 3 is 1.64 bits per heavy atom. The van der Waals surface area contributed by atoms with Gasteiger partial charge in [0, 0.05) is 7.11 Å². The molecule has 3 aromatic rings. The summed E-state index contributed by atoms with van der Waals surface area (Å²) in [5.41, 5.74) is -4.68. The Hall–Kier alpha value is -3.45. The Bertz CT molecular complexity index is 1500. The van der Waals surface area contributed by atoms with Crippen molar-refractivity contribution in [2.24, 2.45) is 0 Å². The minimum Gasteiger partial charge on any atom is -0.490 e. The summed E-state index contributed by atoms with van der Waals surface area (Å²) in [5, 5.41) is -5.22. The van der Waals surface area contributed by atoms with Crippen LogP contribution in [0, 0.1) is 0 Å². The first-order chi connectivity index (χ1) is 20.3. The van der Waals surface area contributed by atoms with Gasteiger partial charge in [-0.15, -0.1) is 0 Å². The van der Waals surface area contributed by atoms with Gasteiger partial charge in [-0.3, -0.25) is 4.55 Å². The summed E-state index contributed by atoms with van der Waals surface area (Å²) >= 11 is 0. The first-order valence-corrected chi connectivity index (χ1v) is 14.5. The first kappa shape index (κ1) is 35.0. The third-order valence-electron chi connectivity index (χ3n) is 5.65. The van der Waals surface area contributed by atoms with Crippen molar-refractivity contribution in [1.29, 1.82) is 0 Å². The summed E-state index contributed by atoms with van der Waals surface area (Å²) in [4.78, 5) is 13.2. The molecule has 0 saturated carbocycles. The van der Waals surface area contributed by atoms with E-state index in [1.165, 1.54) is 24.3 Å². The topological polar surface area (TPSA) is 108 Å². The van der Waals surface area contributed by atoms with Gasteiger partial charge in [0.15, 0.2) is 14.7 Å². The molecule has 0 aliphatic rings. The normalized spacial score (nSPS) is 13.8. The number of benzene rings is 3. The SMILES string of the molecule is COCOC(COc1ccc([S+](c2ccccc2)c2ccc(OC(=O)C(F)(F)S(=O)(=O)O)cc2)cc1)(C(F)(F)F)C(F)(F)F. The molecule has 1 unspecified atom stereocenters. The second-order valence-corrected chi connectivity index (χ2v) is 12.1. The summed E-state index contributed by atoms with van der Waals surface area (Å²) < 4.78 is 156. The molecular weight excluding hydrogens is 656 g/mol. The largest absolute Gasteiger partial charge is 0.490 e. The van der Waals surface area contributed by atoms with E-state index in [4.69, 9.17) is 9.29 Å². The Labute approximate surface area is 247 Å². The maximum atomic E-state index is 13.6. The molecule has 0 amide bonds. The van der Waals surface area contributed by atoms with Crippen LogP contribution in [0.5, 0.6) is 11.5 Å². The standard InChI is InChI=1S/C26H20F8O8S2/c1-39-16-41-23(25(29,30)31,26(32,33)34)15-40-17-7-11-20(12-8-17)43(19-5-3-2-4-6-19)21-13-9-18(10-14-21)42-22(35)24(27,28)44(36,37)38/h2-14H,15-16H2,1H3/p+1. The molecule has 0 radical (unpaired) electrons. The number of hydrogen-bond donors (Lipinski definition) is 1. The molecule has 3 rings (SSSR count). The smallest absolute Gasteiger partial charge is 0.466 e. The van der Waals surface area contributed by atoms with Gasteiger partial charge in [-0.05, 0) is 60.7 Å². The van der Waals surface area contributed by atoms with Crippen LogP contribution in [0.1, 0.15) is 0 Å². The molecule has 1 atom stereocenters. The maximum Gasteiger partial charge on any atom is 0.466 e. The number of halogens is 8. The van der Waals surface area contributed by atoms with E-state index in [9.17, 15) is 48.3 Å². The first-order valence-electron chi connectivity index (χ1n) is 11.8. The van der Waals surface area contributed by atoms with Crippen LogP contribution < -0.4 is 9.47 Å². The molecule has 0 aliphatic carbocycles. The predicted octanol–water partition coefficient (Wildman–Crippen LogP) is 6.03. The number of hydrogen-bond acceptors (Lipinski definition) is 7. The van der Waals surface area contributed by atoms with Gasteiger partial charge >= 0.3 is 33.7 Å². The van der Waals surface area contributed by atoms with Crippen molar-refractivity contribution in [2.75, 3.05) is 20.5 Å². The average Bonchev–Trinajstić information content (AvgIpc) is 2.93. The van der Waals surface area contributed by atoms with Crippen molar-refractivity contribution >= 4 is 27.0 Å². The van der Waals surface area contributed by atoms with Crippen molar-refractivity contribution in [3.63, 3.8) is 0 Å². The zero-order valence-corrected chi connectivity index (χ0v) is 23.7. The van der Waals surface area contributed by atoms with Crippen LogP contribution in [-0.4, -0.2) is 62.7 Å². The maximum absolute atomic E-state index is 13.6. The number of methoxy groups -OCH3 is 1. The van der Waals surface area contributed by atoms with Crippen LogP contribution in [0.25, 0.3) is 0 Å². The van der Waals surface area contributed by atoms with Crippen LogP contribution >= 0.6 is 0 Å². The summed E-state index contributed by atoms with van der Waals surface area (Å²) in [5.74, 6) is -3.39. The van der Waals surface area contributed by atoms with Crippen LogP contribution in [0.4, 0.5) is 35.1 Å². The zero-order valence-electron chi connectivity index (χ0n) is 22.1. The quantitative estimate of drug-likeness (QED) is 0.0619. The summed E-state index contributed by atoms with van der Waals surface area (Å²) in [6.45, 7) is -3.29. The van der Waals surface area contributed by atoms with Gasteiger partial charge in [-0.25, -0.2) is 4.79 Å². The Balaban J connectivity index is 1.89. The third-order valence-corrected chi connectivity index (χ3v) is 8.70. The summed E-state index contributed by atoms with van der Waals surface area (Å²) in [7, 11) is -6.25. The highest BCUT2D eigenvalue weighted by Crippen LogP contribution is 2.46. The minimum atomic E-state index is -6.09. The highest BCUT2D eigenvalue weighted by Gasteiger charge is 2.73. The minimum absolute atomic E-state index is 0.355. The van der Waals surface area contributed by atoms with Crippen molar-refractivity contribution in [1.82, 2.24) is 0 Å². The van der Waals surface area contributed by atoms with Gasteiger partial charge < -0.3 is 18.9 Å². The van der Waals surface area contributed by atoms with E-state index in [2.05, 4.69) is 14.2 Å². The molecule has 0 bridgehead atoms. The van der Waals surface area contributed by atoms with Gasteiger partial charge in [-0.1, -0.05) is 18.2 Å². The lowest BCUT2D eigenvalue weighted by molar-refractivity contribution is -0.397. The second-order valence-electron chi connectivity index (χ2n) is 8.61. The molecule has 18 heteroatoms. The van der Waals surface area contributed by atoms with Gasteiger partial charge in [0.1, 0.15) is 24.9 Å². The van der Waals surface area contributed by atoms with E-state index in [0.29, 0.717) is 14.7 Å². The average molecular weight is 678 g/mol. The summed E-state index contributed by atoms with van der Waals surface area (Å²) in [6.07, 6.45) is -11.8. The van der Waals surface area contributed by atoms with E-state index in [1.54, 1.807) is 30.3 Å². The number of alkyl halides is 8. The predicted molar refractivity (Wildman–Crippen MR) is 137 cm³/mol. The molecule has 0 spiro atoms. The molecular formula is C26H21F8O8S2+. The van der Waals surface area contributed by atoms with E-state index in [0.717, 1.165) is 31.4 Å². The van der Waals surface area contributed by atoms with Gasteiger partial charge in [-0.2, -0.15) is 43.5 Å². The van der Waals surface area contributed by atoms with E-state index >= 15 is 0 Å². The molecule has 0 fully saturated rings. The fraction of sp³-hybridized carbons (Fsp3) is 0.269. The van der Waals surface area contributed by atoms with E-state index in [-0.39, 0.29) is 5.75 Å². The highest BCUT2D eigenvalue weighted by atomic mass is 32.2. The molecule has 8 nitrogen and oxygen atoms in total. The molecule has 0 heterocycles. The molecule has 1 N–H and O–H groups in total. The van der Waals surface area contributed by atoms with Crippen LogP contribution in [-0.2, 0) is 35.3 Å². The molecule has 0 aliphatic heterocycles. The second kappa shape index (κ2) is 13.3. The van der Waals surface area contributed by atoms with Gasteiger partial charge in [0.05, 0.1) is 10.9 Å². The molecule has 240 valence electrons. The lowest BCUT2D eigenvalue weighted by Crippen LogP contribution is -2.62. The van der Waals surface area contributed by atoms with Crippen molar-refractivity contribution in [3.8, 4) is 11.5 Å². The van der Waals surface area contributed by atoms with E-state index < -0.39 is 69.3 Å². The highest BCUT2D eigenvalue weighted by molar-refractivity contribution is 7.97. The third kappa shape index (κ3) is 7.60. The van der Waals surface area contributed by atoms with E-state index in [1.807, 2.05) is 0 Å². The Morgan fingerprint density at radius 2 is 1.20 bits per heavy atom. The van der Waals surface area contributed by atoms with Crippen molar-refractivity contribution in [3.05, 3.63) is 78.9 Å². The Kier molecular flexibility index (Phi) is 10.6. The fourth-order valence-electron chi connectivity index (χ4n) is 3.43. The van der Waals surface area contributed by atoms with Crippen molar-refractivity contribution in [2.45, 2.75) is 37.9 Å². The van der Waals surface area contributed by atoms with Gasteiger partial charge in [0.25, 0.3) is 5.60 Å². The monoisotopic (exact) mass is 677 g/mol. The van der Waals surface area contributed by atoms with Crippen LogP contribution in [0.15, 0.2) is 93.5 Å². The summed E-state index contributed by atoms with van der Waals surface area (Å²) in [6, 6.07) is 18.4. The lowest BCUT2D eigenvalue weighted by atomic mass is 10.0. The Morgan fingerprint density at radius 1 is 0.750 bits per heavy atom. The molecule has 0 saturated heterocycles.